The number of rotatable bonds is 4. The summed E-state index contributed by atoms with van der Waals surface area (Å²) < 4.78 is 16.5. The van der Waals surface area contributed by atoms with E-state index in [4.69, 9.17) is 4.99 Å². The van der Waals surface area contributed by atoms with Crippen LogP contribution in [0.25, 0.3) is 0 Å². The molecule has 2 aromatic rings. The van der Waals surface area contributed by atoms with Crippen molar-refractivity contribution in [3.8, 4) is 0 Å². The number of carbonyl (C=O) groups is 1. The van der Waals surface area contributed by atoms with E-state index in [-0.39, 0.29) is 29.9 Å². The molecule has 33 heavy (non-hydrogen) atoms. The van der Waals surface area contributed by atoms with Gasteiger partial charge in [0.05, 0.1) is 11.6 Å². The average molecular weight is 448 g/mol. The molecule has 4 aliphatic rings. The van der Waals surface area contributed by atoms with Crippen LogP contribution in [-0.2, 0) is 18.4 Å². The molecule has 1 aromatic carbocycles. The number of likely N-dealkylation sites (tertiary alicyclic amines) is 1. The molecule has 1 aromatic heterocycles. The maximum Gasteiger partial charge on any atom is 0.179 e. The molecule has 0 radical (unpaired) electrons. The molecular weight excluding hydrogens is 421 g/mol. The molecule has 4 heterocycles. The molecule has 1 saturated heterocycles. The van der Waals surface area contributed by atoms with Gasteiger partial charge in [-0.3, -0.25) is 19.4 Å². The number of hydrogen-bond acceptors (Lipinski definition) is 7. The van der Waals surface area contributed by atoms with Gasteiger partial charge in [0.15, 0.2) is 5.78 Å². The number of aryl methyl sites for hydroxylation is 1. The Hall–Kier alpha value is -3.17. The molecule has 0 saturated carbocycles. The molecule has 3 aliphatic heterocycles. The van der Waals surface area contributed by atoms with Crippen molar-refractivity contribution in [1.82, 2.24) is 30.3 Å². The average Bonchev–Trinajstić information content (AvgIpc) is 3.12. The number of hydrogen-bond donors (Lipinski definition) is 1. The number of halogens is 1. The lowest BCUT2D eigenvalue weighted by Crippen LogP contribution is -2.43. The molecular formula is C24H26FN7O. The summed E-state index contributed by atoms with van der Waals surface area (Å²) in [5.74, 6) is 0.394. The fraction of sp³-hybridized carbons (Fsp3) is 0.417. The third-order valence-electron chi connectivity index (χ3n) is 7.16. The Kier molecular flexibility index (Phi) is 4.95. The number of nitrogens with zero attached hydrogens (tertiary/aromatic N) is 6. The lowest BCUT2D eigenvalue weighted by molar-refractivity contribution is -0.113. The van der Waals surface area contributed by atoms with Crippen LogP contribution < -0.4 is 5.43 Å². The van der Waals surface area contributed by atoms with Crippen molar-refractivity contribution in [2.45, 2.75) is 31.2 Å². The van der Waals surface area contributed by atoms with E-state index in [9.17, 15) is 9.28 Å². The standard InChI is InChI=1S/C24H26FN7O/c1-30-24(27-14-29-30)22-19(16-5-3-15(4-6-16)13-31-7-2-8-31)9-17-11-28-32(25)20-10-18(33)12-26-23(22)21(17)20/h3-6,10,14,19,22,28H,2,7-9,11-13H2,1H3. The zero-order chi connectivity index (χ0) is 22.5. The Balaban J connectivity index is 1.45. The van der Waals surface area contributed by atoms with E-state index in [1.54, 1.807) is 4.68 Å². The number of carbonyl (C=O) groups excluding carboxylic acids is 1. The van der Waals surface area contributed by atoms with E-state index in [1.807, 2.05) is 7.05 Å². The number of allylic oxidation sites excluding steroid dienone is 1. The van der Waals surface area contributed by atoms with Crippen LogP contribution >= 0.6 is 0 Å². The summed E-state index contributed by atoms with van der Waals surface area (Å²) in [6.07, 6.45) is 4.90. The molecule has 170 valence electrons. The molecule has 0 spiro atoms. The highest BCUT2D eigenvalue weighted by Crippen LogP contribution is 2.47. The summed E-state index contributed by atoms with van der Waals surface area (Å²) in [7, 11) is 1.86. The number of ketones is 1. The van der Waals surface area contributed by atoms with Gasteiger partial charge in [0, 0.05) is 37.7 Å². The molecule has 1 N–H and O–H groups in total. The van der Waals surface area contributed by atoms with Crippen LogP contribution in [0.15, 0.2) is 58.5 Å². The fourth-order valence-electron chi connectivity index (χ4n) is 5.37. The normalized spacial score (nSPS) is 25.3. The molecule has 2 atom stereocenters. The van der Waals surface area contributed by atoms with Crippen molar-refractivity contribution in [3.05, 3.63) is 70.5 Å². The van der Waals surface area contributed by atoms with Crippen LogP contribution in [0.3, 0.4) is 0 Å². The van der Waals surface area contributed by atoms with Crippen LogP contribution in [0.2, 0.25) is 0 Å². The summed E-state index contributed by atoms with van der Waals surface area (Å²) in [6.45, 7) is 3.70. The first-order valence-electron chi connectivity index (χ1n) is 11.4. The number of aromatic nitrogens is 3. The molecule has 0 bridgehead atoms. The summed E-state index contributed by atoms with van der Waals surface area (Å²) >= 11 is 0. The zero-order valence-electron chi connectivity index (χ0n) is 18.5. The highest BCUT2D eigenvalue weighted by molar-refractivity contribution is 6.13. The van der Waals surface area contributed by atoms with E-state index in [0.29, 0.717) is 11.8 Å². The van der Waals surface area contributed by atoms with Gasteiger partial charge in [-0.05, 0) is 42.6 Å². The van der Waals surface area contributed by atoms with E-state index in [2.05, 4.69) is 44.7 Å². The maximum absolute atomic E-state index is 14.7. The SMILES string of the molecule is Cn1ncnc1C1C2=NCC(=O)C=C3C2=C(CNN3F)CC1c1ccc(CN2CCC2)cc1. The second-order valence-corrected chi connectivity index (χ2v) is 9.19. The van der Waals surface area contributed by atoms with Crippen molar-refractivity contribution in [2.75, 3.05) is 26.2 Å². The van der Waals surface area contributed by atoms with Gasteiger partial charge >= 0.3 is 0 Å². The molecule has 0 amide bonds. The van der Waals surface area contributed by atoms with Gasteiger partial charge in [-0.25, -0.2) is 10.4 Å². The highest BCUT2D eigenvalue weighted by atomic mass is 19.2. The maximum atomic E-state index is 14.7. The number of benzene rings is 1. The Morgan fingerprint density at radius 2 is 2.03 bits per heavy atom. The largest absolute Gasteiger partial charge is 0.299 e. The Morgan fingerprint density at radius 1 is 1.21 bits per heavy atom. The quantitative estimate of drug-likeness (QED) is 0.724. The third-order valence-corrected chi connectivity index (χ3v) is 7.16. The van der Waals surface area contributed by atoms with Crippen molar-refractivity contribution < 1.29 is 9.28 Å². The van der Waals surface area contributed by atoms with Crippen LogP contribution in [0.1, 0.15) is 41.6 Å². The zero-order valence-corrected chi connectivity index (χ0v) is 18.5. The van der Waals surface area contributed by atoms with Gasteiger partial charge in [-0.2, -0.15) is 5.10 Å². The predicted octanol–water partition coefficient (Wildman–Crippen LogP) is 2.20. The van der Waals surface area contributed by atoms with Crippen molar-refractivity contribution in [3.63, 3.8) is 0 Å². The van der Waals surface area contributed by atoms with E-state index >= 15 is 0 Å². The Morgan fingerprint density at radius 3 is 2.73 bits per heavy atom. The summed E-state index contributed by atoms with van der Waals surface area (Å²) in [4.78, 5) is 24.1. The molecule has 9 heteroatoms. The summed E-state index contributed by atoms with van der Waals surface area (Å²) in [5.41, 5.74) is 8.02. The van der Waals surface area contributed by atoms with Gasteiger partial charge < -0.3 is 0 Å². The third kappa shape index (κ3) is 3.52. The first-order valence-corrected chi connectivity index (χ1v) is 11.4. The Labute approximate surface area is 191 Å². The first-order chi connectivity index (χ1) is 16.1. The van der Waals surface area contributed by atoms with Crippen LogP contribution in [0, 0.1) is 0 Å². The van der Waals surface area contributed by atoms with Gasteiger partial charge in [0.2, 0.25) is 0 Å². The highest BCUT2D eigenvalue weighted by Gasteiger charge is 2.44. The van der Waals surface area contributed by atoms with Gasteiger partial charge in [0.25, 0.3) is 0 Å². The van der Waals surface area contributed by atoms with Crippen LogP contribution in [0.4, 0.5) is 4.48 Å². The van der Waals surface area contributed by atoms with Crippen molar-refractivity contribution >= 4 is 11.5 Å². The van der Waals surface area contributed by atoms with Crippen molar-refractivity contribution in [2.24, 2.45) is 12.0 Å². The predicted molar refractivity (Wildman–Crippen MR) is 121 cm³/mol. The molecule has 2 unspecified atom stereocenters. The second-order valence-electron chi connectivity index (χ2n) is 9.19. The monoisotopic (exact) mass is 447 g/mol. The van der Waals surface area contributed by atoms with Crippen LogP contribution in [0.5, 0.6) is 0 Å². The fourth-order valence-corrected chi connectivity index (χ4v) is 5.37. The van der Waals surface area contributed by atoms with E-state index in [1.165, 1.54) is 43.0 Å². The van der Waals surface area contributed by atoms with Crippen molar-refractivity contribution in [1.29, 1.82) is 0 Å². The van der Waals surface area contributed by atoms with Gasteiger partial charge in [-0.15, -0.1) is 5.23 Å². The lowest BCUT2D eigenvalue weighted by Gasteiger charge is -2.39. The summed E-state index contributed by atoms with van der Waals surface area (Å²) in [5, 5.41) is 4.75. The van der Waals surface area contributed by atoms with Gasteiger partial charge in [0.1, 0.15) is 24.4 Å². The lowest BCUT2D eigenvalue weighted by atomic mass is 9.69. The minimum absolute atomic E-state index is 0.000697. The smallest absolute Gasteiger partial charge is 0.179 e. The van der Waals surface area contributed by atoms with E-state index < -0.39 is 0 Å². The van der Waals surface area contributed by atoms with Gasteiger partial charge in [-0.1, -0.05) is 28.7 Å². The molecule has 6 rings (SSSR count). The minimum Gasteiger partial charge on any atom is -0.299 e. The molecule has 1 aliphatic carbocycles. The first kappa shape index (κ1) is 20.4. The second kappa shape index (κ2) is 8.00. The number of aliphatic imine (C=N–C) groups is 1. The molecule has 1 fully saturated rings. The van der Waals surface area contributed by atoms with Crippen LogP contribution in [-0.4, -0.2) is 62.6 Å². The van der Waals surface area contributed by atoms with E-state index in [0.717, 1.165) is 35.6 Å². The summed E-state index contributed by atoms with van der Waals surface area (Å²) in [6, 6.07) is 8.81. The number of hydrazine groups is 1. The topological polar surface area (TPSA) is 78.6 Å². The number of nitrogens with one attached hydrogen (secondary N) is 1. The Bertz CT molecular complexity index is 1190. The minimum atomic E-state index is -0.224. The molecule has 8 nitrogen and oxygen atoms in total.